The van der Waals surface area contributed by atoms with Gasteiger partial charge in [-0.3, -0.25) is 14.5 Å². The number of carbonyl (C=O) groups excluding carboxylic acids is 2. The standard InChI is InChI=1S/C24H29NO2/c26-23-20-16-10-12-18-13-11-17-21(22(18)20)24(27)25(23)19-14-8-6-4-2-1-3-5-7-9-15-19/h10-13,16-17,19H,1-9,14-15H2. The van der Waals surface area contributed by atoms with Gasteiger partial charge in [0.2, 0.25) is 0 Å². The summed E-state index contributed by atoms with van der Waals surface area (Å²) >= 11 is 0. The number of hydrogen-bond acceptors (Lipinski definition) is 2. The van der Waals surface area contributed by atoms with Crippen LogP contribution in [0.2, 0.25) is 0 Å². The van der Waals surface area contributed by atoms with Crippen LogP contribution in [0.3, 0.4) is 0 Å². The van der Waals surface area contributed by atoms with E-state index in [1.165, 1.54) is 44.9 Å². The van der Waals surface area contributed by atoms with Gasteiger partial charge >= 0.3 is 0 Å². The highest BCUT2D eigenvalue weighted by molar-refractivity contribution is 6.25. The summed E-state index contributed by atoms with van der Waals surface area (Å²) in [7, 11) is 0. The van der Waals surface area contributed by atoms with Gasteiger partial charge in [-0.1, -0.05) is 82.1 Å². The van der Waals surface area contributed by atoms with E-state index in [9.17, 15) is 9.59 Å². The molecule has 0 saturated heterocycles. The molecule has 1 aliphatic carbocycles. The van der Waals surface area contributed by atoms with E-state index in [2.05, 4.69) is 0 Å². The molecule has 3 heteroatoms. The Morgan fingerprint density at radius 3 is 1.56 bits per heavy atom. The summed E-state index contributed by atoms with van der Waals surface area (Å²) < 4.78 is 0. The van der Waals surface area contributed by atoms with Crippen molar-refractivity contribution in [2.75, 3.05) is 0 Å². The van der Waals surface area contributed by atoms with E-state index in [0.717, 1.165) is 36.5 Å². The van der Waals surface area contributed by atoms with Gasteiger partial charge in [0.05, 0.1) is 0 Å². The zero-order valence-corrected chi connectivity index (χ0v) is 16.1. The van der Waals surface area contributed by atoms with Gasteiger partial charge in [0.25, 0.3) is 11.8 Å². The van der Waals surface area contributed by atoms with E-state index in [4.69, 9.17) is 0 Å². The van der Waals surface area contributed by atoms with Crippen molar-refractivity contribution in [3.8, 4) is 0 Å². The molecule has 3 nitrogen and oxygen atoms in total. The zero-order valence-electron chi connectivity index (χ0n) is 16.1. The first-order valence-corrected chi connectivity index (χ1v) is 10.7. The average Bonchev–Trinajstić information content (AvgIpc) is 2.68. The fourth-order valence-electron chi connectivity index (χ4n) is 4.78. The molecule has 2 aromatic carbocycles. The minimum absolute atomic E-state index is 0.0352. The van der Waals surface area contributed by atoms with Crippen molar-refractivity contribution in [2.45, 2.75) is 76.7 Å². The molecule has 0 aromatic heterocycles. The number of rotatable bonds is 1. The molecule has 2 aromatic rings. The average molecular weight is 364 g/mol. The zero-order chi connectivity index (χ0) is 18.6. The Balaban J connectivity index is 1.63. The van der Waals surface area contributed by atoms with E-state index >= 15 is 0 Å². The third-order valence-corrected chi connectivity index (χ3v) is 6.24. The van der Waals surface area contributed by atoms with Crippen molar-refractivity contribution in [2.24, 2.45) is 0 Å². The molecule has 4 rings (SSSR count). The van der Waals surface area contributed by atoms with Crippen LogP contribution in [-0.4, -0.2) is 22.8 Å². The Labute approximate surface area is 161 Å². The van der Waals surface area contributed by atoms with Crippen LogP contribution in [0.1, 0.15) is 91.3 Å². The Morgan fingerprint density at radius 1 is 0.630 bits per heavy atom. The first-order chi connectivity index (χ1) is 13.3. The maximum atomic E-state index is 13.3. The van der Waals surface area contributed by atoms with Gasteiger partial charge in [0.15, 0.2) is 0 Å². The van der Waals surface area contributed by atoms with Gasteiger partial charge in [-0.25, -0.2) is 0 Å². The molecule has 0 unspecified atom stereocenters. The van der Waals surface area contributed by atoms with E-state index in [1.807, 2.05) is 36.4 Å². The van der Waals surface area contributed by atoms with Crippen LogP contribution in [0.4, 0.5) is 0 Å². The molecule has 0 radical (unpaired) electrons. The highest BCUT2D eigenvalue weighted by atomic mass is 16.2. The van der Waals surface area contributed by atoms with Gasteiger partial charge in [-0.05, 0) is 30.4 Å². The summed E-state index contributed by atoms with van der Waals surface area (Å²) in [6, 6.07) is 11.6. The van der Waals surface area contributed by atoms with Gasteiger partial charge in [-0.2, -0.15) is 0 Å². The minimum Gasteiger partial charge on any atom is -0.271 e. The molecule has 27 heavy (non-hydrogen) atoms. The Kier molecular flexibility index (Phi) is 5.56. The topological polar surface area (TPSA) is 37.4 Å². The summed E-state index contributed by atoms with van der Waals surface area (Å²) in [5.74, 6) is -0.192. The number of hydrogen-bond donors (Lipinski definition) is 0. The fourth-order valence-corrected chi connectivity index (χ4v) is 4.78. The van der Waals surface area contributed by atoms with Gasteiger partial charge in [-0.15, -0.1) is 0 Å². The van der Waals surface area contributed by atoms with Crippen molar-refractivity contribution < 1.29 is 9.59 Å². The molecular weight excluding hydrogens is 334 g/mol. The summed E-state index contributed by atoms with van der Waals surface area (Å²) in [6.07, 6.45) is 13.0. The second-order valence-corrected chi connectivity index (χ2v) is 8.10. The molecular formula is C24H29NO2. The quantitative estimate of drug-likeness (QED) is 0.573. The lowest BCUT2D eigenvalue weighted by Gasteiger charge is -2.34. The third kappa shape index (κ3) is 3.65. The van der Waals surface area contributed by atoms with Crippen LogP contribution in [0.5, 0.6) is 0 Å². The maximum Gasteiger partial charge on any atom is 0.261 e. The van der Waals surface area contributed by atoms with Crippen molar-refractivity contribution in [1.29, 1.82) is 0 Å². The monoisotopic (exact) mass is 363 g/mol. The van der Waals surface area contributed by atoms with E-state index in [0.29, 0.717) is 11.1 Å². The predicted molar refractivity (Wildman–Crippen MR) is 109 cm³/mol. The summed E-state index contributed by atoms with van der Waals surface area (Å²) in [6.45, 7) is 0. The van der Waals surface area contributed by atoms with Crippen molar-refractivity contribution in [1.82, 2.24) is 4.90 Å². The second-order valence-electron chi connectivity index (χ2n) is 8.10. The molecule has 1 heterocycles. The molecule has 1 aliphatic heterocycles. The molecule has 1 fully saturated rings. The lowest BCUT2D eigenvalue weighted by atomic mass is 9.90. The van der Waals surface area contributed by atoms with Crippen LogP contribution in [0, 0.1) is 0 Å². The lowest BCUT2D eigenvalue weighted by molar-refractivity contribution is 0.0517. The molecule has 0 N–H and O–H groups in total. The molecule has 2 amide bonds. The Morgan fingerprint density at radius 2 is 1.07 bits per heavy atom. The fraction of sp³-hybridized carbons (Fsp3) is 0.500. The number of amides is 2. The Bertz CT molecular complexity index is 779. The van der Waals surface area contributed by atoms with Crippen LogP contribution in [0.15, 0.2) is 36.4 Å². The van der Waals surface area contributed by atoms with Crippen molar-refractivity contribution in [3.63, 3.8) is 0 Å². The largest absolute Gasteiger partial charge is 0.271 e. The smallest absolute Gasteiger partial charge is 0.261 e. The molecule has 0 spiro atoms. The van der Waals surface area contributed by atoms with Gasteiger partial charge in [0, 0.05) is 22.6 Å². The van der Waals surface area contributed by atoms with Gasteiger partial charge < -0.3 is 0 Å². The molecule has 2 aliphatic rings. The first kappa shape index (κ1) is 18.2. The SMILES string of the molecule is O=C1c2cccc3cccc(c23)C(=O)N1C1CCCCCCCCCCC1. The summed E-state index contributed by atoms with van der Waals surface area (Å²) in [5, 5.41) is 1.81. The summed E-state index contributed by atoms with van der Waals surface area (Å²) in [4.78, 5) is 28.2. The number of imide groups is 1. The van der Waals surface area contributed by atoms with Crippen LogP contribution in [0.25, 0.3) is 10.8 Å². The van der Waals surface area contributed by atoms with Crippen molar-refractivity contribution >= 4 is 22.6 Å². The van der Waals surface area contributed by atoms with E-state index in [-0.39, 0.29) is 17.9 Å². The van der Waals surface area contributed by atoms with E-state index < -0.39 is 0 Å². The third-order valence-electron chi connectivity index (χ3n) is 6.24. The highest BCUT2D eigenvalue weighted by Crippen LogP contribution is 2.33. The van der Waals surface area contributed by atoms with Crippen LogP contribution >= 0.6 is 0 Å². The maximum absolute atomic E-state index is 13.3. The Hall–Kier alpha value is -2.16. The molecule has 0 bridgehead atoms. The molecule has 0 atom stereocenters. The molecule has 1 saturated carbocycles. The first-order valence-electron chi connectivity index (χ1n) is 10.7. The summed E-state index contributed by atoms with van der Waals surface area (Å²) in [5.41, 5.74) is 1.38. The molecule has 142 valence electrons. The van der Waals surface area contributed by atoms with Gasteiger partial charge in [0.1, 0.15) is 0 Å². The lowest BCUT2D eigenvalue weighted by Crippen LogP contribution is -2.47. The normalized spacial score (nSPS) is 20.4. The number of carbonyl (C=O) groups is 2. The number of benzene rings is 2. The van der Waals surface area contributed by atoms with Crippen LogP contribution in [-0.2, 0) is 0 Å². The predicted octanol–water partition coefficient (Wildman–Crippen LogP) is 6.11. The number of nitrogens with zero attached hydrogens (tertiary/aromatic N) is 1. The second kappa shape index (κ2) is 8.24. The minimum atomic E-state index is -0.0959. The van der Waals surface area contributed by atoms with Crippen molar-refractivity contribution in [3.05, 3.63) is 47.5 Å². The van der Waals surface area contributed by atoms with Crippen LogP contribution < -0.4 is 0 Å². The van der Waals surface area contributed by atoms with E-state index in [1.54, 1.807) is 4.90 Å². The highest BCUT2D eigenvalue weighted by Gasteiger charge is 2.36.